The number of alkyl halides is 3. The first-order valence-electron chi connectivity index (χ1n) is 14.0. The van der Waals surface area contributed by atoms with Crippen LogP contribution in [-0.2, 0) is 4.74 Å². The lowest BCUT2D eigenvalue weighted by atomic mass is 9.64. The summed E-state index contributed by atoms with van der Waals surface area (Å²) in [4.78, 5) is 0. The molecule has 1 N–H and O–H groups in total. The summed E-state index contributed by atoms with van der Waals surface area (Å²) in [5, 5.41) is 3.89. The fourth-order valence-corrected chi connectivity index (χ4v) is 8.40. The molecule has 7 atom stereocenters. The summed E-state index contributed by atoms with van der Waals surface area (Å²) in [6.07, 6.45) is 12.9. The maximum atomic E-state index is 13.6. The summed E-state index contributed by atoms with van der Waals surface area (Å²) in [5.74, 6) is 1.31. The minimum atomic E-state index is -4.04. The summed E-state index contributed by atoms with van der Waals surface area (Å²) in [7, 11) is 0. The van der Waals surface area contributed by atoms with Crippen molar-refractivity contribution in [2.24, 2.45) is 29.6 Å². The smallest absolute Gasteiger partial charge is 0.391 e. The molecule has 0 spiro atoms. The van der Waals surface area contributed by atoms with E-state index >= 15 is 0 Å². The normalized spacial score (nSPS) is 40.6. The van der Waals surface area contributed by atoms with Crippen molar-refractivity contribution in [1.29, 1.82) is 0 Å². The molecule has 0 saturated heterocycles. The predicted octanol–water partition coefficient (Wildman–Crippen LogP) is 7.97. The molecular weight excluding hydrogens is 435 g/mol. The van der Waals surface area contributed by atoms with Gasteiger partial charge in [-0.3, -0.25) is 0 Å². The third-order valence-electron chi connectivity index (χ3n) is 10.0. The van der Waals surface area contributed by atoms with Gasteiger partial charge in [-0.05, 0) is 113 Å². The quantitative estimate of drug-likeness (QED) is 0.437. The number of rotatable bonds is 2. The van der Waals surface area contributed by atoms with Gasteiger partial charge < -0.3 is 10.1 Å². The van der Waals surface area contributed by atoms with Gasteiger partial charge in [-0.2, -0.15) is 13.2 Å². The standard InChI is InChI=1S/C29H40F3NO/c1-17-13-20(15-21(14-17)29(30,31)32)19-10-12-27-24(16-19)22-6-4-7-23(28(22)34-27)26-11-9-18-5-2-3-8-25(18)33-26/h7,17,19-21,24,26-27,33H,2-6,8-16H2,1H3/t17?,19?,20?,21?,24?,26?,27-/m1/s1. The molecule has 0 aromatic carbocycles. The first kappa shape index (κ1) is 23.0. The van der Waals surface area contributed by atoms with E-state index < -0.39 is 12.1 Å². The average molecular weight is 476 g/mol. The van der Waals surface area contributed by atoms with Crippen molar-refractivity contribution in [3.63, 3.8) is 0 Å². The first-order chi connectivity index (χ1) is 16.4. The Labute approximate surface area is 202 Å². The second kappa shape index (κ2) is 8.92. The molecule has 0 bridgehead atoms. The molecule has 2 nitrogen and oxygen atoms in total. The molecule has 0 amide bonds. The van der Waals surface area contributed by atoms with Crippen molar-refractivity contribution in [3.8, 4) is 0 Å². The van der Waals surface area contributed by atoms with Crippen LogP contribution >= 0.6 is 0 Å². The highest BCUT2D eigenvalue weighted by atomic mass is 19.4. The maximum Gasteiger partial charge on any atom is 0.391 e. The highest BCUT2D eigenvalue weighted by Gasteiger charge is 2.49. The summed E-state index contributed by atoms with van der Waals surface area (Å²) in [6.45, 7) is 2.03. The number of hydrogen-bond acceptors (Lipinski definition) is 2. The Balaban J connectivity index is 1.18. The molecule has 2 saturated carbocycles. The maximum absolute atomic E-state index is 13.6. The van der Waals surface area contributed by atoms with Crippen LogP contribution in [0.3, 0.4) is 0 Å². The predicted molar refractivity (Wildman–Crippen MR) is 128 cm³/mol. The topological polar surface area (TPSA) is 21.3 Å². The molecule has 188 valence electrons. The van der Waals surface area contributed by atoms with Gasteiger partial charge >= 0.3 is 6.18 Å². The summed E-state index contributed by atoms with van der Waals surface area (Å²) < 4.78 is 47.4. The van der Waals surface area contributed by atoms with E-state index in [0.29, 0.717) is 30.7 Å². The molecular formula is C29H40F3NO. The van der Waals surface area contributed by atoms with Crippen LogP contribution in [0.4, 0.5) is 13.2 Å². The molecule has 34 heavy (non-hydrogen) atoms. The van der Waals surface area contributed by atoms with Crippen LogP contribution in [0.15, 0.2) is 34.3 Å². The molecule has 0 aromatic heterocycles. The molecule has 0 radical (unpaired) electrons. The van der Waals surface area contributed by atoms with Crippen molar-refractivity contribution in [2.75, 3.05) is 0 Å². The molecule has 2 heterocycles. The van der Waals surface area contributed by atoms with E-state index in [9.17, 15) is 13.2 Å². The van der Waals surface area contributed by atoms with Crippen LogP contribution < -0.4 is 5.32 Å². The van der Waals surface area contributed by atoms with E-state index in [-0.39, 0.29) is 17.9 Å². The van der Waals surface area contributed by atoms with Crippen molar-refractivity contribution >= 4 is 0 Å². The minimum Gasteiger partial charge on any atom is -0.489 e. The Morgan fingerprint density at radius 2 is 1.76 bits per heavy atom. The number of hydrogen-bond donors (Lipinski definition) is 1. The van der Waals surface area contributed by atoms with E-state index in [0.717, 1.165) is 44.9 Å². The zero-order valence-corrected chi connectivity index (χ0v) is 20.6. The molecule has 4 aliphatic carbocycles. The fourth-order valence-electron chi connectivity index (χ4n) is 8.40. The Kier molecular flexibility index (Phi) is 6.05. The average Bonchev–Trinajstić information content (AvgIpc) is 3.21. The SMILES string of the molecule is CC1CC(C2CC[C@H]3OC4=C(CCC=C4C4CCC5=C(CCCC5)N4)C3C2)CC(C(F)(F)F)C1. The van der Waals surface area contributed by atoms with Crippen LogP contribution in [0.1, 0.15) is 96.8 Å². The molecule has 2 aliphatic heterocycles. The van der Waals surface area contributed by atoms with Crippen LogP contribution in [0, 0.1) is 29.6 Å². The van der Waals surface area contributed by atoms with E-state index in [2.05, 4.69) is 11.4 Å². The van der Waals surface area contributed by atoms with Crippen molar-refractivity contribution in [1.82, 2.24) is 5.32 Å². The van der Waals surface area contributed by atoms with Gasteiger partial charge in [0.1, 0.15) is 11.9 Å². The highest BCUT2D eigenvalue weighted by Crippen LogP contribution is 2.53. The van der Waals surface area contributed by atoms with Crippen molar-refractivity contribution < 1.29 is 17.9 Å². The van der Waals surface area contributed by atoms with Gasteiger partial charge in [0.2, 0.25) is 0 Å². The van der Waals surface area contributed by atoms with E-state index in [1.807, 2.05) is 6.92 Å². The van der Waals surface area contributed by atoms with Gasteiger partial charge in [-0.15, -0.1) is 0 Å². The second-order valence-corrected chi connectivity index (χ2v) is 12.2. The summed E-state index contributed by atoms with van der Waals surface area (Å²) in [5.41, 5.74) is 6.02. The summed E-state index contributed by atoms with van der Waals surface area (Å²) >= 11 is 0. The van der Waals surface area contributed by atoms with Crippen molar-refractivity contribution in [2.45, 2.75) is 115 Å². The third kappa shape index (κ3) is 4.23. The number of ether oxygens (including phenoxy) is 1. The van der Waals surface area contributed by atoms with Gasteiger partial charge in [0.15, 0.2) is 0 Å². The van der Waals surface area contributed by atoms with Crippen LogP contribution in [-0.4, -0.2) is 18.3 Å². The largest absolute Gasteiger partial charge is 0.489 e. The molecule has 0 aromatic rings. The third-order valence-corrected chi connectivity index (χ3v) is 10.0. The van der Waals surface area contributed by atoms with E-state index in [1.54, 1.807) is 5.57 Å². The van der Waals surface area contributed by atoms with Gasteiger partial charge in [-0.25, -0.2) is 0 Å². The Morgan fingerprint density at radius 1 is 0.912 bits per heavy atom. The number of fused-ring (bicyclic) bond motifs is 2. The van der Waals surface area contributed by atoms with E-state index in [4.69, 9.17) is 4.74 Å². The van der Waals surface area contributed by atoms with Gasteiger partial charge in [0.25, 0.3) is 0 Å². The van der Waals surface area contributed by atoms with Gasteiger partial charge in [0.05, 0.1) is 12.0 Å². The highest BCUT2D eigenvalue weighted by molar-refractivity contribution is 5.43. The van der Waals surface area contributed by atoms with Crippen LogP contribution in [0.25, 0.3) is 0 Å². The minimum absolute atomic E-state index is 0.179. The van der Waals surface area contributed by atoms with Gasteiger partial charge in [-0.1, -0.05) is 18.6 Å². The Morgan fingerprint density at radius 3 is 2.62 bits per heavy atom. The molecule has 6 rings (SSSR count). The molecule has 6 unspecified atom stereocenters. The number of halogens is 3. The lowest BCUT2D eigenvalue weighted by molar-refractivity contribution is -0.192. The van der Waals surface area contributed by atoms with Crippen LogP contribution in [0.2, 0.25) is 0 Å². The zero-order valence-electron chi connectivity index (χ0n) is 20.6. The van der Waals surface area contributed by atoms with Crippen molar-refractivity contribution in [3.05, 3.63) is 34.3 Å². The second-order valence-electron chi connectivity index (χ2n) is 12.2. The van der Waals surface area contributed by atoms with Crippen LogP contribution in [0.5, 0.6) is 0 Å². The lowest BCUT2D eigenvalue weighted by Gasteiger charge is -2.42. The number of nitrogens with one attached hydrogen (secondary N) is 1. The number of allylic oxidation sites excluding steroid dienone is 3. The monoisotopic (exact) mass is 475 g/mol. The molecule has 5 heteroatoms. The first-order valence-corrected chi connectivity index (χ1v) is 14.0. The molecule has 6 aliphatic rings. The van der Waals surface area contributed by atoms with Gasteiger partial charge in [0, 0.05) is 17.2 Å². The Bertz CT molecular complexity index is 900. The van der Waals surface area contributed by atoms with E-state index in [1.165, 1.54) is 54.7 Å². The Hall–Kier alpha value is -1.39. The fraction of sp³-hybridized carbons (Fsp3) is 0.793. The summed E-state index contributed by atoms with van der Waals surface area (Å²) in [6, 6.07) is 0.366. The molecule has 2 fully saturated rings. The zero-order chi connectivity index (χ0) is 23.4. The lowest BCUT2D eigenvalue weighted by Crippen LogP contribution is -2.38.